The SMILES string of the molecule is C(=Cc1cccc(OCc2ccc3ccccc3n2)c1)c1ccc(C=Cc2nn[nH]n2)cc1. The van der Waals surface area contributed by atoms with Crippen LogP contribution >= 0.6 is 0 Å². The Bertz CT molecular complexity index is 1410. The van der Waals surface area contributed by atoms with Gasteiger partial charge in [0.15, 0.2) is 5.82 Å². The number of nitrogens with zero attached hydrogens (tertiary/aromatic N) is 4. The first-order valence-electron chi connectivity index (χ1n) is 10.6. The fourth-order valence-corrected chi connectivity index (χ4v) is 3.38. The summed E-state index contributed by atoms with van der Waals surface area (Å²) in [6.07, 6.45) is 7.92. The number of aromatic amines is 1. The molecule has 0 aliphatic carbocycles. The van der Waals surface area contributed by atoms with E-state index in [4.69, 9.17) is 4.74 Å². The van der Waals surface area contributed by atoms with Gasteiger partial charge >= 0.3 is 0 Å². The molecular weight excluding hydrogens is 410 g/mol. The van der Waals surface area contributed by atoms with Gasteiger partial charge in [-0.1, -0.05) is 78.9 Å². The van der Waals surface area contributed by atoms with Crippen molar-refractivity contribution in [1.82, 2.24) is 25.6 Å². The van der Waals surface area contributed by atoms with Crippen LogP contribution in [0.25, 0.3) is 35.2 Å². The Morgan fingerprint density at radius 1 is 0.727 bits per heavy atom. The molecule has 1 N–H and O–H groups in total. The van der Waals surface area contributed by atoms with Crippen molar-refractivity contribution in [2.24, 2.45) is 0 Å². The van der Waals surface area contributed by atoms with Gasteiger partial charge < -0.3 is 4.74 Å². The number of pyridine rings is 1. The fourth-order valence-electron chi connectivity index (χ4n) is 3.38. The zero-order chi connectivity index (χ0) is 22.3. The monoisotopic (exact) mass is 431 g/mol. The Morgan fingerprint density at radius 2 is 1.52 bits per heavy atom. The van der Waals surface area contributed by atoms with Gasteiger partial charge in [0, 0.05) is 5.39 Å². The molecule has 6 nitrogen and oxygen atoms in total. The van der Waals surface area contributed by atoms with Crippen LogP contribution in [-0.4, -0.2) is 25.6 Å². The van der Waals surface area contributed by atoms with E-state index in [2.05, 4.69) is 68.1 Å². The normalized spacial score (nSPS) is 11.5. The molecule has 0 unspecified atom stereocenters. The summed E-state index contributed by atoms with van der Waals surface area (Å²) in [7, 11) is 0. The zero-order valence-electron chi connectivity index (χ0n) is 17.8. The smallest absolute Gasteiger partial charge is 0.197 e. The highest BCUT2D eigenvalue weighted by Crippen LogP contribution is 2.19. The van der Waals surface area contributed by atoms with E-state index in [1.54, 1.807) is 0 Å². The van der Waals surface area contributed by atoms with Crippen LogP contribution in [0.5, 0.6) is 5.75 Å². The number of para-hydroxylation sites is 1. The van der Waals surface area contributed by atoms with E-state index in [1.165, 1.54) is 0 Å². The molecule has 33 heavy (non-hydrogen) atoms. The van der Waals surface area contributed by atoms with Crippen LogP contribution in [-0.2, 0) is 6.61 Å². The molecule has 2 aromatic heterocycles. The number of hydrogen-bond acceptors (Lipinski definition) is 5. The first kappa shape index (κ1) is 20.3. The van der Waals surface area contributed by atoms with Crippen LogP contribution in [0.1, 0.15) is 28.2 Å². The highest BCUT2D eigenvalue weighted by Gasteiger charge is 2.01. The van der Waals surface area contributed by atoms with E-state index < -0.39 is 0 Å². The number of tetrazole rings is 1. The average Bonchev–Trinajstić information content (AvgIpc) is 3.40. The summed E-state index contributed by atoms with van der Waals surface area (Å²) in [5.41, 5.74) is 5.13. The molecule has 0 saturated carbocycles. The summed E-state index contributed by atoms with van der Waals surface area (Å²) < 4.78 is 5.99. The molecule has 0 spiro atoms. The van der Waals surface area contributed by atoms with Crippen molar-refractivity contribution in [3.05, 3.63) is 113 Å². The first-order chi connectivity index (χ1) is 16.3. The lowest BCUT2D eigenvalue weighted by atomic mass is 10.1. The minimum atomic E-state index is 0.427. The average molecular weight is 431 g/mol. The van der Waals surface area contributed by atoms with Crippen LogP contribution in [0.2, 0.25) is 0 Å². The molecular formula is C27H21N5O. The molecule has 6 heteroatoms. The van der Waals surface area contributed by atoms with Crippen LogP contribution in [0.15, 0.2) is 84.9 Å². The lowest BCUT2D eigenvalue weighted by molar-refractivity contribution is 0.302. The molecule has 0 amide bonds. The summed E-state index contributed by atoms with van der Waals surface area (Å²) in [6.45, 7) is 0.427. The van der Waals surface area contributed by atoms with Gasteiger partial charge in [0.25, 0.3) is 0 Å². The Kier molecular flexibility index (Phi) is 5.98. The van der Waals surface area contributed by atoms with E-state index in [0.29, 0.717) is 12.4 Å². The van der Waals surface area contributed by atoms with Crippen LogP contribution < -0.4 is 4.74 Å². The van der Waals surface area contributed by atoms with Crippen molar-refractivity contribution in [2.75, 3.05) is 0 Å². The van der Waals surface area contributed by atoms with Crippen LogP contribution in [0, 0.1) is 0 Å². The molecule has 0 fully saturated rings. The number of rotatable bonds is 7. The van der Waals surface area contributed by atoms with E-state index in [0.717, 1.165) is 39.0 Å². The van der Waals surface area contributed by atoms with Gasteiger partial charge in [-0.3, -0.25) is 0 Å². The van der Waals surface area contributed by atoms with Crippen molar-refractivity contribution in [3.63, 3.8) is 0 Å². The van der Waals surface area contributed by atoms with E-state index in [9.17, 15) is 0 Å². The number of nitrogens with one attached hydrogen (secondary N) is 1. The van der Waals surface area contributed by atoms with Crippen molar-refractivity contribution in [3.8, 4) is 5.75 Å². The maximum absolute atomic E-state index is 5.99. The molecule has 0 saturated heterocycles. The molecule has 160 valence electrons. The Balaban J connectivity index is 1.21. The van der Waals surface area contributed by atoms with Gasteiger partial charge in [0.05, 0.1) is 11.2 Å². The van der Waals surface area contributed by atoms with Gasteiger partial charge in [-0.25, -0.2) is 4.98 Å². The predicted molar refractivity (Wildman–Crippen MR) is 131 cm³/mol. The minimum Gasteiger partial charge on any atom is -0.487 e. The summed E-state index contributed by atoms with van der Waals surface area (Å²) in [5.74, 6) is 1.37. The molecule has 0 aliphatic rings. The molecule has 5 aromatic rings. The lowest BCUT2D eigenvalue weighted by Crippen LogP contribution is -1.98. The van der Waals surface area contributed by atoms with Gasteiger partial charge in [0.1, 0.15) is 12.4 Å². The highest BCUT2D eigenvalue weighted by atomic mass is 16.5. The van der Waals surface area contributed by atoms with Gasteiger partial charge in [0.2, 0.25) is 0 Å². The standard InChI is InChI=1S/C27H21N5O/c1-2-7-26-23(5-1)15-16-24(28-26)19-33-25-6-3-4-22(18-25)13-12-20-8-10-21(11-9-20)14-17-27-29-31-32-30-27/h1-18H,19H2,(H,29,30,31,32). The number of hydrogen-bond donors (Lipinski definition) is 1. The molecule has 2 heterocycles. The number of fused-ring (bicyclic) bond motifs is 1. The van der Waals surface area contributed by atoms with Gasteiger partial charge in [-0.2, -0.15) is 5.21 Å². The molecule has 0 radical (unpaired) electrons. The fraction of sp³-hybridized carbons (Fsp3) is 0.0370. The van der Waals surface area contributed by atoms with Crippen LogP contribution in [0.4, 0.5) is 0 Å². The van der Waals surface area contributed by atoms with Crippen molar-refractivity contribution >= 4 is 35.2 Å². The number of H-pyrrole nitrogens is 1. The second kappa shape index (κ2) is 9.70. The third kappa shape index (κ3) is 5.37. The summed E-state index contributed by atoms with van der Waals surface area (Å²) >= 11 is 0. The lowest BCUT2D eigenvalue weighted by Gasteiger charge is -2.07. The minimum absolute atomic E-state index is 0.427. The largest absolute Gasteiger partial charge is 0.487 e. The number of benzene rings is 3. The summed E-state index contributed by atoms with van der Waals surface area (Å²) in [4.78, 5) is 4.67. The third-order valence-electron chi connectivity index (χ3n) is 5.09. The van der Waals surface area contributed by atoms with Gasteiger partial charge in [-0.05, 0) is 52.2 Å². The first-order valence-corrected chi connectivity index (χ1v) is 10.6. The van der Waals surface area contributed by atoms with Crippen LogP contribution in [0.3, 0.4) is 0 Å². The molecule has 0 atom stereocenters. The van der Waals surface area contributed by atoms with Crippen molar-refractivity contribution in [2.45, 2.75) is 6.61 Å². The molecule has 0 bridgehead atoms. The molecule has 5 rings (SSSR count). The molecule has 0 aliphatic heterocycles. The maximum Gasteiger partial charge on any atom is 0.197 e. The van der Waals surface area contributed by atoms with E-state index >= 15 is 0 Å². The van der Waals surface area contributed by atoms with Gasteiger partial charge in [-0.15, -0.1) is 10.2 Å². The maximum atomic E-state index is 5.99. The number of ether oxygens (including phenoxy) is 1. The molecule has 3 aromatic carbocycles. The third-order valence-corrected chi connectivity index (χ3v) is 5.09. The van der Waals surface area contributed by atoms with Crippen molar-refractivity contribution in [1.29, 1.82) is 0 Å². The van der Waals surface area contributed by atoms with Crippen molar-refractivity contribution < 1.29 is 4.74 Å². The summed E-state index contributed by atoms with van der Waals surface area (Å²) in [5, 5.41) is 14.9. The topological polar surface area (TPSA) is 76.6 Å². The highest BCUT2D eigenvalue weighted by molar-refractivity contribution is 5.78. The number of aromatic nitrogens is 5. The quantitative estimate of drug-likeness (QED) is 0.336. The summed E-state index contributed by atoms with van der Waals surface area (Å²) in [6, 6.07) is 28.4. The predicted octanol–water partition coefficient (Wildman–Crippen LogP) is 5.67. The van der Waals surface area contributed by atoms with E-state index in [1.807, 2.05) is 66.7 Å². The second-order valence-electron chi connectivity index (χ2n) is 7.46. The van der Waals surface area contributed by atoms with E-state index in [-0.39, 0.29) is 0 Å². The zero-order valence-corrected chi connectivity index (χ0v) is 17.8. The second-order valence-corrected chi connectivity index (χ2v) is 7.46. The Morgan fingerprint density at radius 3 is 2.33 bits per heavy atom. The Labute approximate surface area is 191 Å². The Hall–Kier alpha value is -4.58.